The number of nitrogens with one attached hydrogen (secondary N) is 2. The molecule has 0 bridgehead atoms. The zero-order valence-electron chi connectivity index (χ0n) is 13.9. The molecule has 130 valence electrons. The number of amides is 2. The van der Waals surface area contributed by atoms with Crippen LogP contribution in [0.5, 0.6) is 5.75 Å². The van der Waals surface area contributed by atoms with Crippen molar-refractivity contribution in [3.05, 3.63) is 59.7 Å². The van der Waals surface area contributed by atoms with Crippen LogP contribution in [0.25, 0.3) is 0 Å². The lowest BCUT2D eigenvalue weighted by Crippen LogP contribution is -2.43. The molecule has 1 atom stereocenters. The standard InChI is InChI=1S/C19H20N2O4/c1-25-15-7-4-6-14(11-15)21-18(23)17(22)20-12-19(24)10-9-13-5-2-3-8-16(13)19/h2-8,11,24H,9-10,12H2,1H3,(H,20,22)(H,21,23). The van der Waals surface area contributed by atoms with E-state index < -0.39 is 17.4 Å². The predicted octanol–water partition coefficient (Wildman–Crippen LogP) is 1.58. The number of benzene rings is 2. The Morgan fingerprint density at radius 2 is 1.96 bits per heavy atom. The summed E-state index contributed by atoms with van der Waals surface area (Å²) in [6.07, 6.45) is 1.27. The van der Waals surface area contributed by atoms with Crippen LogP contribution in [0.4, 0.5) is 5.69 Å². The van der Waals surface area contributed by atoms with Crippen LogP contribution in [0.1, 0.15) is 17.5 Å². The molecule has 2 amide bonds. The Bertz CT molecular complexity index is 806. The minimum atomic E-state index is -1.14. The first-order valence-corrected chi connectivity index (χ1v) is 8.06. The van der Waals surface area contributed by atoms with E-state index in [0.29, 0.717) is 17.9 Å². The fraction of sp³-hybridized carbons (Fsp3) is 0.263. The molecule has 3 rings (SSSR count). The lowest BCUT2D eigenvalue weighted by atomic mass is 9.96. The summed E-state index contributed by atoms with van der Waals surface area (Å²) in [5.41, 5.74) is 1.20. The SMILES string of the molecule is COc1cccc(NC(=O)C(=O)NCC2(O)CCc3ccccc32)c1. The van der Waals surface area contributed by atoms with Crippen molar-refractivity contribution in [2.45, 2.75) is 18.4 Å². The first-order valence-electron chi connectivity index (χ1n) is 8.06. The first kappa shape index (κ1) is 17.0. The van der Waals surface area contributed by atoms with Crippen molar-refractivity contribution >= 4 is 17.5 Å². The van der Waals surface area contributed by atoms with Crippen molar-refractivity contribution in [3.63, 3.8) is 0 Å². The Kier molecular flexibility index (Phi) is 4.72. The summed E-state index contributed by atoms with van der Waals surface area (Å²) >= 11 is 0. The molecule has 0 heterocycles. The highest BCUT2D eigenvalue weighted by molar-refractivity contribution is 6.39. The van der Waals surface area contributed by atoms with Crippen molar-refractivity contribution in [3.8, 4) is 5.75 Å². The number of aryl methyl sites for hydroxylation is 1. The van der Waals surface area contributed by atoms with Crippen LogP contribution in [-0.2, 0) is 21.6 Å². The molecule has 2 aromatic carbocycles. The minimum absolute atomic E-state index is 0.00558. The summed E-state index contributed by atoms with van der Waals surface area (Å²) in [7, 11) is 1.52. The van der Waals surface area contributed by atoms with Gasteiger partial charge >= 0.3 is 11.8 Å². The summed E-state index contributed by atoms with van der Waals surface area (Å²) < 4.78 is 5.07. The monoisotopic (exact) mass is 340 g/mol. The number of methoxy groups -OCH3 is 1. The Balaban J connectivity index is 1.60. The predicted molar refractivity (Wildman–Crippen MR) is 93.3 cm³/mol. The van der Waals surface area contributed by atoms with Gasteiger partial charge in [-0.15, -0.1) is 0 Å². The highest BCUT2D eigenvalue weighted by atomic mass is 16.5. The molecule has 0 aromatic heterocycles. The average molecular weight is 340 g/mol. The molecule has 0 aliphatic heterocycles. The van der Waals surface area contributed by atoms with Crippen molar-refractivity contribution in [1.29, 1.82) is 0 Å². The first-order chi connectivity index (χ1) is 12.0. The van der Waals surface area contributed by atoms with E-state index in [1.807, 2.05) is 24.3 Å². The second-order valence-electron chi connectivity index (χ2n) is 6.06. The molecule has 0 spiro atoms. The van der Waals surface area contributed by atoms with Crippen LogP contribution in [0.2, 0.25) is 0 Å². The number of carbonyl (C=O) groups is 2. The molecule has 0 fully saturated rings. The van der Waals surface area contributed by atoms with Gasteiger partial charge < -0.3 is 20.5 Å². The fourth-order valence-electron chi connectivity index (χ4n) is 3.05. The van der Waals surface area contributed by atoms with Crippen LogP contribution in [0.3, 0.4) is 0 Å². The summed E-state index contributed by atoms with van der Waals surface area (Å²) in [6.45, 7) is -0.00558. The van der Waals surface area contributed by atoms with E-state index in [9.17, 15) is 14.7 Å². The largest absolute Gasteiger partial charge is 0.497 e. The molecule has 6 nitrogen and oxygen atoms in total. The fourth-order valence-corrected chi connectivity index (χ4v) is 3.05. The molecular weight excluding hydrogens is 320 g/mol. The van der Waals surface area contributed by atoms with Crippen molar-refractivity contribution in [1.82, 2.24) is 5.32 Å². The van der Waals surface area contributed by atoms with Crippen LogP contribution >= 0.6 is 0 Å². The molecule has 2 aromatic rings. The van der Waals surface area contributed by atoms with E-state index in [-0.39, 0.29) is 6.54 Å². The molecule has 1 aliphatic rings. The zero-order chi connectivity index (χ0) is 17.9. The topological polar surface area (TPSA) is 87.7 Å². The number of fused-ring (bicyclic) bond motifs is 1. The van der Waals surface area contributed by atoms with Crippen LogP contribution < -0.4 is 15.4 Å². The van der Waals surface area contributed by atoms with Gasteiger partial charge in [-0.3, -0.25) is 9.59 Å². The van der Waals surface area contributed by atoms with E-state index in [1.54, 1.807) is 24.3 Å². The van der Waals surface area contributed by atoms with Crippen molar-refractivity contribution in [2.24, 2.45) is 0 Å². The van der Waals surface area contributed by atoms with Gasteiger partial charge in [0.1, 0.15) is 11.4 Å². The normalized spacial score (nSPS) is 18.3. The van der Waals surface area contributed by atoms with E-state index >= 15 is 0 Å². The minimum Gasteiger partial charge on any atom is -0.497 e. The van der Waals surface area contributed by atoms with E-state index in [2.05, 4.69) is 10.6 Å². The molecule has 0 saturated heterocycles. The molecule has 6 heteroatoms. The number of hydrogen-bond donors (Lipinski definition) is 3. The van der Waals surface area contributed by atoms with Crippen LogP contribution in [0, 0.1) is 0 Å². The second-order valence-corrected chi connectivity index (χ2v) is 6.06. The van der Waals surface area contributed by atoms with E-state index in [0.717, 1.165) is 17.5 Å². The van der Waals surface area contributed by atoms with Gasteiger partial charge in [-0.2, -0.15) is 0 Å². The van der Waals surface area contributed by atoms with Gasteiger partial charge in [0, 0.05) is 11.8 Å². The maximum Gasteiger partial charge on any atom is 0.313 e. The van der Waals surface area contributed by atoms with Gasteiger partial charge in [0.15, 0.2) is 0 Å². The van der Waals surface area contributed by atoms with Crippen molar-refractivity contribution < 1.29 is 19.4 Å². The zero-order valence-corrected chi connectivity index (χ0v) is 13.9. The number of carbonyl (C=O) groups excluding carboxylic acids is 2. The molecular formula is C19H20N2O4. The van der Waals surface area contributed by atoms with Crippen molar-refractivity contribution in [2.75, 3.05) is 19.0 Å². The third-order valence-corrected chi connectivity index (χ3v) is 4.40. The highest BCUT2D eigenvalue weighted by Crippen LogP contribution is 2.36. The quantitative estimate of drug-likeness (QED) is 0.738. The number of anilines is 1. The Hall–Kier alpha value is -2.86. The third-order valence-electron chi connectivity index (χ3n) is 4.40. The van der Waals surface area contributed by atoms with E-state index in [4.69, 9.17) is 4.74 Å². The molecule has 1 unspecified atom stereocenters. The average Bonchev–Trinajstić information content (AvgIpc) is 2.97. The highest BCUT2D eigenvalue weighted by Gasteiger charge is 2.37. The summed E-state index contributed by atoms with van der Waals surface area (Å²) in [5, 5.41) is 15.8. The maximum absolute atomic E-state index is 12.0. The van der Waals surface area contributed by atoms with E-state index in [1.165, 1.54) is 7.11 Å². The Morgan fingerprint density at radius 1 is 1.16 bits per heavy atom. The molecule has 0 saturated carbocycles. The number of rotatable bonds is 4. The van der Waals surface area contributed by atoms with Gasteiger partial charge in [0.05, 0.1) is 13.7 Å². The molecule has 3 N–H and O–H groups in total. The smallest absolute Gasteiger partial charge is 0.313 e. The van der Waals surface area contributed by atoms with Gasteiger partial charge in [-0.1, -0.05) is 30.3 Å². The summed E-state index contributed by atoms with van der Waals surface area (Å²) in [4.78, 5) is 24.1. The summed E-state index contributed by atoms with van der Waals surface area (Å²) in [5.74, 6) is -1.00. The Labute approximate surface area is 145 Å². The van der Waals surface area contributed by atoms with Gasteiger partial charge in [-0.25, -0.2) is 0 Å². The van der Waals surface area contributed by atoms with Crippen LogP contribution in [-0.4, -0.2) is 30.6 Å². The molecule has 0 radical (unpaired) electrons. The second kappa shape index (κ2) is 6.94. The lowest BCUT2D eigenvalue weighted by Gasteiger charge is -2.24. The van der Waals surface area contributed by atoms with Gasteiger partial charge in [-0.05, 0) is 36.1 Å². The van der Waals surface area contributed by atoms with Crippen LogP contribution in [0.15, 0.2) is 48.5 Å². The van der Waals surface area contributed by atoms with Gasteiger partial charge in [0.25, 0.3) is 0 Å². The maximum atomic E-state index is 12.0. The Morgan fingerprint density at radius 3 is 2.76 bits per heavy atom. The molecule has 25 heavy (non-hydrogen) atoms. The number of hydrogen-bond acceptors (Lipinski definition) is 4. The number of ether oxygens (including phenoxy) is 1. The lowest BCUT2D eigenvalue weighted by molar-refractivity contribution is -0.136. The molecule has 1 aliphatic carbocycles. The summed E-state index contributed by atoms with van der Waals surface area (Å²) in [6, 6.07) is 14.3. The van der Waals surface area contributed by atoms with Gasteiger partial charge in [0.2, 0.25) is 0 Å². The number of aliphatic hydroxyl groups is 1. The third kappa shape index (κ3) is 3.64.